The third kappa shape index (κ3) is 3.05. The molecule has 2 aromatic heterocycles. The van der Waals surface area contributed by atoms with Crippen LogP contribution in [0.3, 0.4) is 0 Å². The Morgan fingerprint density at radius 2 is 2.00 bits per heavy atom. The number of H-pyrrole nitrogens is 1. The lowest BCUT2D eigenvalue weighted by Crippen LogP contribution is -2.31. The van der Waals surface area contributed by atoms with Crippen LogP contribution in [0.1, 0.15) is 49.1 Å². The number of benzene rings is 1. The summed E-state index contributed by atoms with van der Waals surface area (Å²) in [5, 5.41) is 13.4. The van der Waals surface area contributed by atoms with Crippen LogP contribution in [-0.2, 0) is 20.6 Å². The number of fused-ring (bicyclic) bond motifs is 3. The number of rotatable bonds is 4. The summed E-state index contributed by atoms with van der Waals surface area (Å²) in [5.41, 5.74) is 5.23. The minimum atomic E-state index is -0.714. The van der Waals surface area contributed by atoms with Gasteiger partial charge in [0.15, 0.2) is 11.6 Å². The van der Waals surface area contributed by atoms with Gasteiger partial charge in [0.2, 0.25) is 0 Å². The zero-order chi connectivity index (χ0) is 21.2. The van der Waals surface area contributed by atoms with Crippen LogP contribution in [0.25, 0.3) is 11.0 Å². The number of anilines is 1. The van der Waals surface area contributed by atoms with E-state index in [4.69, 9.17) is 14.2 Å². The first-order valence-corrected chi connectivity index (χ1v) is 10.8. The Labute approximate surface area is 180 Å². The van der Waals surface area contributed by atoms with Crippen molar-refractivity contribution in [2.75, 3.05) is 11.9 Å². The first kappa shape index (κ1) is 19.2. The van der Waals surface area contributed by atoms with E-state index < -0.39 is 11.9 Å². The lowest BCUT2D eigenvalue weighted by Gasteiger charge is -2.23. The minimum Gasteiger partial charge on any atom is -0.394 e. The minimum absolute atomic E-state index is 0.123. The van der Waals surface area contributed by atoms with Crippen molar-refractivity contribution in [3.63, 3.8) is 0 Å². The van der Waals surface area contributed by atoms with E-state index in [0.717, 1.165) is 35.3 Å². The third-order valence-electron chi connectivity index (χ3n) is 6.57. The molecule has 162 valence electrons. The number of hydrogen-bond donors (Lipinski definition) is 3. The van der Waals surface area contributed by atoms with Gasteiger partial charge < -0.3 is 29.6 Å². The summed E-state index contributed by atoms with van der Waals surface area (Å²) in [6.45, 7) is 3.65. The predicted molar refractivity (Wildman–Crippen MR) is 114 cm³/mol. The highest BCUT2D eigenvalue weighted by atomic mass is 16.8. The molecular weight excluding hydrogens is 396 g/mol. The second kappa shape index (κ2) is 7.00. The number of hydrogen-bond acceptors (Lipinski definition) is 7. The molecule has 0 radical (unpaired) electrons. The summed E-state index contributed by atoms with van der Waals surface area (Å²) in [7, 11) is 0. The Bertz CT molecular complexity index is 1130. The number of aryl methyl sites for hydroxylation is 1. The number of aromatic nitrogens is 3. The van der Waals surface area contributed by atoms with Crippen molar-refractivity contribution in [2.24, 2.45) is 0 Å². The van der Waals surface area contributed by atoms with Crippen molar-refractivity contribution >= 4 is 16.9 Å². The fourth-order valence-electron chi connectivity index (χ4n) is 5.24. The Balaban J connectivity index is 1.33. The summed E-state index contributed by atoms with van der Waals surface area (Å²) in [4.78, 5) is 12.4. The fourth-order valence-corrected chi connectivity index (χ4v) is 5.24. The van der Waals surface area contributed by atoms with E-state index in [2.05, 4.69) is 44.5 Å². The van der Waals surface area contributed by atoms with Gasteiger partial charge in [0.05, 0.1) is 18.2 Å². The monoisotopic (exact) mass is 422 g/mol. The highest BCUT2D eigenvalue weighted by Crippen LogP contribution is 2.46. The highest BCUT2D eigenvalue weighted by molar-refractivity contribution is 5.88. The average Bonchev–Trinajstić information content (AvgIpc) is 3.50. The summed E-state index contributed by atoms with van der Waals surface area (Å²) in [6.07, 6.45) is 4.14. The molecule has 3 aromatic rings. The Morgan fingerprint density at radius 3 is 2.87 bits per heavy atom. The van der Waals surface area contributed by atoms with Gasteiger partial charge in [-0.2, -0.15) is 0 Å². The summed E-state index contributed by atoms with van der Waals surface area (Å²) in [6, 6.07) is 8.76. The number of nitrogens with one attached hydrogen (secondary N) is 2. The maximum Gasteiger partial charge on any atom is 0.164 e. The molecule has 3 N–H and O–H groups in total. The van der Waals surface area contributed by atoms with Gasteiger partial charge in [0, 0.05) is 11.8 Å². The zero-order valence-corrected chi connectivity index (χ0v) is 17.5. The molecule has 8 heteroatoms. The Hall–Kier alpha value is -2.52. The molecule has 2 saturated heterocycles. The van der Waals surface area contributed by atoms with E-state index in [9.17, 15) is 5.11 Å². The molecule has 1 aromatic carbocycles. The SMILES string of the molecule is CC1(C)O[C@@H]2[C@@H](CO)OC(c3c[nH]c4c(N[C@H]5CCc6ccccc65)ncnc34)[C@@H]2O1. The summed E-state index contributed by atoms with van der Waals surface area (Å²) in [5.74, 6) is 0.0594. The molecule has 3 aliphatic rings. The quantitative estimate of drug-likeness (QED) is 0.594. The summed E-state index contributed by atoms with van der Waals surface area (Å²) < 4.78 is 18.3. The van der Waals surface area contributed by atoms with Crippen molar-refractivity contribution in [1.82, 2.24) is 15.0 Å². The second-order valence-electron chi connectivity index (χ2n) is 8.97. The zero-order valence-electron chi connectivity index (χ0n) is 17.5. The lowest BCUT2D eigenvalue weighted by atomic mass is 10.0. The van der Waals surface area contributed by atoms with Gasteiger partial charge in [-0.25, -0.2) is 9.97 Å². The first-order chi connectivity index (χ1) is 15.0. The fraction of sp³-hybridized carbons (Fsp3) is 0.478. The third-order valence-corrected chi connectivity index (χ3v) is 6.57. The van der Waals surface area contributed by atoms with Gasteiger partial charge in [0.1, 0.15) is 36.3 Å². The Kier molecular flexibility index (Phi) is 4.33. The molecule has 31 heavy (non-hydrogen) atoms. The maximum absolute atomic E-state index is 9.79. The van der Waals surface area contributed by atoms with Gasteiger partial charge in [-0.1, -0.05) is 24.3 Å². The van der Waals surface area contributed by atoms with Crippen LogP contribution in [0.15, 0.2) is 36.8 Å². The van der Waals surface area contributed by atoms with E-state index in [-0.39, 0.29) is 31.0 Å². The predicted octanol–water partition coefficient (Wildman–Crippen LogP) is 3.01. The van der Waals surface area contributed by atoms with Gasteiger partial charge in [-0.15, -0.1) is 0 Å². The van der Waals surface area contributed by atoms with E-state index in [0.29, 0.717) is 0 Å². The largest absolute Gasteiger partial charge is 0.394 e. The molecule has 4 heterocycles. The first-order valence-electron chi connectivity index (χ1n) is 10.8. The van der Waals surface area contributed by atoms with Crippen LogP contribution >= 0.6 is 0 Å². The molecule has 1 aliphatic carbocycles. The van der Waals surface area contributed by atoms with Crippen LogP contribution in [0.4, 0.5) is 5.82 Å². The van der Waals surface area contributed by atoms with Crippen molar-refractivity contribution in [3.8, 4) is 0 Å². The number of aliphatic hydroxyl groups excluding tert-OH is 1. The number of ether oxygens (including phenoxy) is 3. The van der Waals surface area contributed by atoms with E-state index in [1.54, 1.807) is 6.33 Å². The van der Waals surface area contributed by atoms with Crippen molar-refractivity contribution in [1.29, 1.82) is 0 Å². The molecule has 0 bridgehead atoms. The van der Waals surface area contributed by atoms with Gasteiger partial charge in [0.25, 0.3) is 0 Å². The van der Waals surface area contributed by atoms with Crippen molar-refractivity contribution < 1.29 is 19.3 Å². The van der Waals surface area contributed by atoms with Gasteiger partial charge >= 0.3 is 0 Å². The topological polar surface area (TPSA) is 102 Å². The molecule has 6 rings (SSSR count). The molecule has 2 aliphatic heterocycles. The number of nitrogens with zero attached hydrogens (tertiary/aromatic N) is 2. The van der Waals surface area contributed by atoms with Crippen LogP contribution in [0, 0.1) is 0 Å². The molecule has 0 spiro atoms. The highest BCUT2D eigenvalue weighted by Gasteiger charge is 2.55. The van der Waals surface area contributed by atoms with Crippen molar-refractivity contribution in [2.45, 2.75) is 62.9 Å². The molecule has 1 unspecified atom stereocenters. The van der Waals surface area contributed by atoms with Crippen molar-refractivity contribution in [3.05, 3.63) is 53.5 Å². The standard InChI is InChI=1S/C23H26N4O4/c1-23(2)30-20-16(10-28)29-19(21(20)31-23)14-9-24-18-17(14)25-11-26-22(18)27-15-8-7-12-5-3-4-6-13(12)15/h3-6,9,11,15-16,19-21,24,28H,7-8,10H2,1-2H3,(H,25,26,27)/t15-,16+,19?,20+,21-/m0/s1. The van der Waals surface area contributed by atoms with E-state index >= 15 is 0 Å². The lowest BCUT2D eigenvalue weighted by molar-refractivity contribution is -0.190. The Morgan fingerprint density at radius 1 is 1.16 bits per heavy atom. The molecular formula is C23H26N4O4. The number of aliphatic hydroxyl groups is 1. The molecule has 0 amide bonds. The smallest absolute Gasteiger partial charge is 0.164 e. The van der Waals surface area contributed by atoms with Crippen LogP contribution in [-0.4, -0.2) is 50.8 Å². The molecule has 0 saturated carbocycles. The average molecular weight is 422 g/mol. The van der Waals surface area contributed by atoms with Gasteiger partial charge in [-0.05, 0) is 37.8 Å². The molecule has 8 nitrogen and oxygen atoms in total. The normalized spacial score (nSPS) is 31.1. The number of aromatic amines is 1. The van der Waals surface area contributed by atoms with Crippen LogP contribution in [0.2, 0.25) is 0 Å². The second-order valence-corrected chi connectivity index (χ2v) is 8.97. The van der Waals surface area contributed by atoms with Gasteiger partial charge in [-0.3, -0.25) is 0 Å². The summed E-state index contributed by atoms with van der Waals surface area (Å²) >= 11 is 0. The molecule has 5 atom stereocenters. The maximum atomic E-state index is 9.79. The van der Waals surface area contributed by atoms with E-state index in [1.807, 2.05) is 20.0 Å². The molecule has 2 fully saturated rings. The van der Waals surface area contributed by atoms with Crippen LogP contribution < -0.4 is 5.32 Å². The van der Waals surface area contributed by atoms with E-state index in [1.165, 1.54) is 11.1 Å². The van der Waals surface area contributed by atoms with Crippen LogP contribution in [0.5, 0.6) is 0 Å².